The minimum absolute atomic E-state index is 0.146. The molecule has 2 aromatic rings. The normalized spacial score (nSPS) is 12.4. The van der Waals surface area contributed by atoms with E-state index in [4.69, 9.17) is 4.52 Å². The molecular formula is C14H18N2O3S. The quantitative estimate of drug-likeness (QED) is 0.885. The largest absolute Gasteiger partial charge is 0.386 e. The van der Waals surface area contributed by atoms with Crippen molar-refractivity contribution >= 4 is 17.2 Å². The van der Waals surface area contributed by atoms with Gasteiger partial charge in [0, 0.05) is 17.0 Å². The summed E-state index contributed by atoms with van der Waals surface area (Å²) >= 11 is 1.49. The summed E-state index contributed by atoms with van der Waals surface area (Å²) in [6, 6.07) is 1.95. The van der Waals surface area contributed by atoms with E-state index in [0.29, 0.717) is 5.76 Å². The molecule has 0 spiro atoms. The molecule has 0 saturated heterocycles. The van der Waals surface area contributed by atoms with Crippen molar-refractivity contribution in [3.8, 4) is 0 Å². The van der Waals surface area contributed by atoms with E-state index in [9.17, 15) is 9.90 Å². The van der Waals surface area contributed by atoms with E-state index in [0.717, 1.165) is 21.7 Å². The number of carbonyl (C=O) groups excluding carboxylic acids is 1. The number of aromatic nitrogens is 1. The van der Waals surface area contributed by atoms with E-state index in [2.05, 4.69) is 10.5 Å². The summed E-state index contributed by atoms with van der Waals surface area (Å²) < 4.78 is 5.02. The molecule has 0 aliphatic heterocycles. The fourth-order valence-electron chi connectivity index (χ4n) is 2.01. The van der Waals surface area contributed by atoms with Gasteiger partial charge >= 0.3 is 0 Å². The Labute approximate surface area is 121 Å². The number of aliphatic hydroxyl groups excluding tert-OH is 1. The van der Waals surface area contributed by atoms with Crippen LogP contribution in [0.3, 0.4) is 0 Å². The minimum atomic E-state index is -0.663. The number of nitrogens with zero attached hydrogens (tertiary/aromatic N) is 1. The molecule has 20 heavy (non-hydrogen) atoms. The summed E-state index contributed by atoms with van der Waals surface area (Å²) in [6.45, 7) is 5.75. The molecule has 0 saturated carbocycles. The third kappa shape index (κ3) is 3.26. The van der Waals surface area contributed by atoms with Crippen molar-refractivity contribution in [1.29, 1.82) is 0 Å². The number of amides is 1. The molecule has 0 bridgehead atoms. The molecule has 108 valence electrons. The zero-order valence-corrected chi connectivity index (χ0v) is 12.6. The lowest BCUT2D eigenvalue weighted by Crippen LogP contribution is -2.29. The summed E-state index contributed by atoms with van der Waals surface area (Å²) in [4.78, 5) is 12.8. The monoisotopic (exact) mass is 294 g/mol. The Morgan fingerprint density at radius 2 is 2.25 bits per heavy atom. The lowest BCUT2D eigenvalue weighted by Gasteiger charge is -2.11. The molecule has 1 atom stereocenters. The first-order valence-corrected chi connectivity index (χ1v) is 7.27. The molecule has 0 aromatic carbocycles. The molecule has 0 fully saturated rings. The molecule has 0 aliphatic rings. The number of aryl methyl sites for hydroxylation is 3. The van der Waals surface area contributed by atoms with Crippen LogP contribution in [0.15, 0.2) is 16.0 Å². The van der Waals surface area contributed by atoms with Gasteiger partial charge in [-0.05, 0) is 37.8 Å². The number of aliphatic hydroxyl groups is 1. The standard InChI is InChI=1S/C14H18N2O3S/c1-8-4-5-20-14(8)12(17)7-15-13(18)6-11-9(2)16-19-10(11)3/h4-5,12,17H,6-7H2,1-3H3,(H,15,18)/t12-/m1/s1. The third-order valence-electron chi connectivity index (χ3n) is 3.22. The Balaban J connectivity index is 1.88. The lowest BCUT2D eigenvalue weighted by molar-refractivity contribution is -0.120. The SMILES string of the molecule is Cc1ccsc1[C@H](O)CNC(=O)Cc1c(C)noc1C. The molecule has 0 unspecified atom stereocenters. The van der Waals surface area contributed by atoms with Gasteiger partial charge in [-0.2, -0.15) is 0 Å². The molecule has 2 heterocycles. The van der Waals surface area contributed by atoms with Crippen molar-refractivity contribution in [2.45, 2.75) is 33.3 Å². The van der Waals surface area contributed by atoms with Crippen molar-refractivity contribution < 1.29 is 14.4 Å². The summed E-state index contributed by atoms with van der Waals surface area (Å²) in [5, 5.41) is 18.5. The Morgan fingerprint density at radius 1 is 1.50 bits per heavy atom. The Morgan fingerprint density at radius 3 is 2.80 bits per heavy atom. The van der Waals surface area contributed by atoms with Gasteiger partial charge in [0.25, 0.3) is 0 Å². The van der Waals surface area contributed by atoms with Crippen LogP contribution in [-0.2, 0) is 11.2 Å². The van der Waals surface area contributed by atoms with E-state index in [1.54, 1.807) is 6.92 Å². The first-order chi connectivity index (χ1) is 9.49. The highest BCUT2D eigenvalue weighted by Crippen LogP contribution is 2.23. The highest BCUT2D eigenvalue weighted by molar-refractivity contribution is 7.10. The first kappa shape index (κ1) is 14.7. The zero-order chi connectivity index (χ0) is 14.7. The number of carbonyl (C=O) groups is 1. The van der Waals surface area contributed by atoms with Crippen LogP contribution >= 0.6 is 11.3 Å². The maximum Gasteiger partial charge on any atom is 0.224 e. The second kappa shape index (κ2) is 6.19. The Kier molecular flexibility index (Phi) is 4.57. The fraction of sp³-hybridized carbons (Fsp3) is 0.429. The minimum Gasteiger partial charge on any atom is -0.386 e. The number of thiophene rings is 1. The molecule has 5 nitrogen and oxygen atoms in total. The second-order valence-electron chi connectivity index (χ2n) is 4.77. The van der Waals surface area contributed by atoms with Crippen LogP contribution in [-0.4, -0.2) is 22.7 Å². The molecule has 2 aromatic heterocycles. The first-order valence-electron chi connectivity index (χ1n) is 6.39. The Bertz CT molecular complexity index is 584. The van der Waals surface area contributed by atoms with Crippen molar-refractivity contribution in [3.05, 3.63) is 38.9 Å². The van der Waals surface area contributed by atoms with Gasteiger partial charge in [-0.1, -0.05) is 5.16 Å². The van der Waals surface area contributed by atoms with Crippen molar-refractivity contribution in [1.82, 2.24) is 10.5 Å². The number of hydrogen-bond donors (Lipinski definition) is 2. The smallest absolute Gasteiger partial charge is 0.224 e. The molecule has 2 N–H and O–H groups in total. The van der Waals surface area contributed by atoms with Crippen LogP contribution in [0, 0.1) is 20.8 Å². The molecule has 0 aliphatic carbocycles. The molecular weight excluding hydrogens is 276 g/mol. The van der Waals surface area contributed by atoms with Crippen molar-refractivity contribution in [3.63, 3.8) is 0 Å². The highest BCUT2D eigenvalue weighted by Gasteiger charge is 2.16. The van der Waals surface area contributed by atoms with Gasteiger partial charge in [-0.15, -0.1) is 11.3 Å². The van der Waals surface area contributed by atoms with Gasteiger partial charge in [0.15, 0.2) is 0 Å². The fourth-order valence-corrected chi connectivity index (χ4v) is 2.92. The van der Waals surface area contributed by atoms with E-state index in [-0.39, 0.29) is 18.9 Å². The zero-order valence-electron chi connectivity index (χ0n) is 11.8. The topological polar surface area (TPSA) is 75.4 Å². The molecule has 0 radical (unpaired) electrons. The lowest BCUT2D eigenvalue weighted by atomic mass is 10.1. The van der Waals surface area contributed by atoms with Crippen LogP contribution in [0.1, 0.15) is 33.6 Å². The summed E-state index contributed by atoms with van der Waals surface area (Å²) in [7, 11) is 0. The van der Waals surface area contributed by atoms with E-state index >= 15 is 0 Å². The summed E-state index contributed by atoms with van der Waals surface area (Å²) in [5.41, 5.74) is 2.58. The van der Waals surface area contributed by atoms with E-state index < -0.39 is 6.10 Å². The van der Waals surface area contributed by atoms with Crippen molar-refractivity contribution in [2.24, 2.45) is 0 Å². The van der Waals surface area contributed by atoms with Gasteiger partial charge in [0.05, 0.1) is 12.1 Å². The van der Waals surface area contributed by atoms with Crippen LogP contribution < -0.4 is 5.32 Å². The van der Waals surface area contributed by atoms with Crippen LogP contribution in [0.5, 0.6) is 0 Å². The average molecular weight is 294 g/mol. The maximum atomic E-state index is 11.9. The molecule has 2 rings (SSSR count). The van der Waals surface area contributed by atoms with E-state index in [1.807, 2.05) is 25.3 Å². The van der Waals surface area contributed by atoms with Gasteiger partial charge in [-0.25, -0.2) is 0 Å². The van der Waals surface area contributed by atoms with Crippen molar-refractivity contribution in [2.75, 3.05) is 6.54 Å². The second-order valence-corrected chi connectivity index (χ2v) is 5.71. The molecule has 1 amide bonds. The van der Waals surface area contributed by atoms with Gasteiger partial charge in [0.1, 0.15) is 11.9 Å². The number of nitrogens with one attached hydrogen (secondary N) is 1. The predicted molar refractivity (Wildman–Crippen MR) is 76.7 cm³/mol. The van der Waals surface area contributed by atoms with Crippen LogP contribution in [0.25, 0.3) is 0 Å². The van der Waals surface area contributed by atoms with Gasteiger partial charge in [0.2, 0.25) is 5.91 Å². The summed E-state index contributed by atoms with van der Waals surface area (Å²) in [6.07, 6.45) is -0.444. The molecule has 6 heteroatoms. The van der Waals surface area contributed by atoms with Gasteiger partial charge < -0.3 is 14.9 Å². The van der Waals surface area contributed by atoms with Crippen LogP contribution in [0.2, 0.25) is 0 Å². The number of hydrogen-bond acceptors (Lipinski definition) is 5. The predicted octanol–water partition coefficient (Wildman–Crippen LogP) is 2.05. The summed E-state index contributed by atoms with van der Waals surface area (Å²) in [5.74, 6) is 0.514. The maximum absolute atomic E-state index is 11.9. The highest BCUT2D eigenvalue weighted by atomic mass is 32.1. The average Bonchev–Trinajstić information content (AvgIpc) is 2.96. The third-order valence-corrected chi connectivity index (χ3v) is 4.34. The van der Waals surface area contributed by atoms with E-state index in [1.165, 1.54) is 11.3 Å². The van der Waals surface area contributed by atoms with Gasteiger partial charge in [-0.3, -0.25) is 4.79 Å². The number of rotatable bonds is 5. The van der Waals surface area contributed by atoms with Crippen LogP contribution in [0.4, 0.5) is 0 Å². The Hall–Kier alpha value is -1.66.